The van der Waals surface area contributed by atoms with Crippen molar-refractivity contribution >= 4 is 20.8 Å². The molecule has 0 N–H and O–H groups in total. The third-order valence-electron chi connectivity index (χ3n) is 1.70. The van der Waals surface area contributed by atoms with Gasteiger partial charge < -0.3 is 0 Å². The third kappa shape index (κ3) is 2.70. The molecular weight excluding hydrogens is 230 g/mol. The second-order valence-corrected chi connectivity index (χ2v) is 3.95. The minimum Gasteiger partial charge on any atom is -0.269 e. The van der Waals surface area contributed by atoms with E-state index >= 15 is 0 Å². The lowest BCUT2D eigenvalue weighted by Crippen LogP contribution is -2.51. The Labute approximate surface area is 89.6 Å². The molecule has 1 rings (SSSR count). The summed E-state index contributed by atoms with van der Waals surface area (Å²) in [5, 5.41) is 3.53. The maximum absolute atomic E-state index is 12.0. The van der Waals surface area contributed by atoms with Crippen LogP contribution in [0.15, 0.2) is 9.59 Å². The van der Waals surface area contributed by atoms with Crippen LogP contribution < -0.4 is 15.8 Å². The maximum atomic E-state index is 12.0. The number of hydrogen-bond acceptors (Lipinski definition) is 3. The van der Waals surface area contributed by atoms with Crippen molar-refractivity contribution in [3.05, 3.63) is 20.8 Å². The zero-order valence-corrected chi connectivity index (χ0v) is 10.00. The van der Waals surface area contributed by atoms with E-state index in [0.717, 1.165) is 4.68 Å². The van der Waals surface area contributed by atoms with Crippen molar-refractivity contribution < 1.29 is 13.2 Å². The van der Waals surface area contributed by atoms with Crippen LogP contribution in [0.1, 0.15) is 0 Å². The van der Waals surface area contributed by atoms with E-state index in [2.05, 4.69) is 5.10 Å². The first-order valence-electron chi connectivity index (χ1n) is 3.94. The molecule has 0 saturated heterocycles. The van der Waals surface area contributed by atoms with Gasteiger partial charge in [0.2, 0.25) is 0 Å². The normalized spacial score (nSPS) is 11.7. The van der Waals surface area contributed by atoms with Gasteiger partial charge in [-0.05, 0) is 0 Å². The predicted molar refractivity (Wildman–Crippen MR) is 48.0 cm³/mol. The molecule has 0 bridgehead atoms. The number of aromatic nitrogens is 3. The van der Waals surface area contributed by atoms with Crippen molar-refractivity contribution in [2.75, 3.05) is 0 Å². The number of halogens is 3. The van der Waals surface area contributed by atoms with Crippen molar-refractivity contribution in [1.82, 2.24) is 14.3 Å². The molecule has 0 aromatic carbocycles. The van der Waals surface area contributed by atoms with Crippen LogP contribution in [0.3, 0.4) is 0 Å². The van der Waals surface area contributed by atoms with Gasteiger partial charge in [0.15, 0.2) is 0 Å². The summed E-state index contributed by atoms with van der Waals surface area (Å²) >= 11 is 0.191. The van der Waals surface area contributed by atoms with E-state index in [9.17, 15) is 22.8 Å². The van der Waals surface area contributed by atoms with Gasteiger partial charge in [-0.25, -0.2) is 14.0 Å². The highest BCUT2D eigenvalue weighted by Gasteiger charge is 2.30. The lowest BCUT2D eigenvalue weighted by atomic mass is 10.6. The maximum Gasteiger partial charge on any atom is 0.406 e. The molecule has 0 saturated carbocycles. The number of alkyl halides is 3. The minimum absolute atomic E-state index is 0.0126. The molecule has 0 atom stereocenters. The Morgan fingerprint density at radius 1 is 1.40 bits per heavy atom. The third-order valence-corrected chi connectivity index (χ3v) is 2.33. The first-order chi connectivity index (χ1) is 6.72. The molecular formula is C6H7AlF3N3O2. The van der Waals surface area contributed by atoms with Crippen LogP contribution in [0, 0.1) is 0 Å². The summed E-state index contributed by atoms with van der Waals surface area (Å²) in [4.78, 5) is 22.4. The first-order valence-corrected chi connectivity index (χ1v) is 4.94. The van der Waals surface area contributed by atoms with Crippen LogP contribution in [-0.2, 0) is 13.6 Å². The predicted octanol–water partition coefficient (Wildman–Crippen LogP) is -2.24. The largest absolute Gasteiger partial charge is 0.406 e. The fourth-order valence-corrected chi connectivity index (χ4v) is 1.66. The smallest absolute Gasteiger partial charge is 0.269 e. The Bertz CT molecular complexity index is 456. The number of hydrogen-bond donors (Lipinski definition) is 0. The van der Waals surface area contributed by atoms with Gasteiger partial charge in [-0.15, -0.1) is 0 Å². The van der Waals surface area contributed by atoms with Crippen LogP contribution in [0.2, 0.25) is 0 Å². The van der Waals surface area contributed by atoms with E-state index in [1.54, 1.807) is 0 Å². The van der Waals surface area contributed by atoms with Crippen molar-refractivity contribution in [3.8, 4) is 0 Å². The molecule has 15 heavy (non-hydrogen) atoms. The SMILES string of the molecule is Cn1n[c]([AlH2])c(=O)n(CC(F)(F)F)c1=O. The Kier molecular flexibility index (Phi) is 3.06. The molecule has 0 radical (unpaired) electrons. The molecule has 0 amide bonds. The highest BCUT2D eigenvalue weighted by Crippen LogP contribution is 2.14. The summed E-state index contributed by atoms with van der Waals surface area (Å²) in [7, 11) is 1.20. The van der Waals surface area contributed by atoms with Crippen LogP contribution in [0.4, 0.5) is 13.2 Å². The summed E-state index contributed by atoms with van der Waals surface area (Å²) in [6.07, 6.45) is -4.59. The van der Waals surface area contributed by atoms with Gasteiger partial charge in [-0.1, -0.05) is 0 Å². The summed E-state index contributed by atoms with van der Waals surface area (Å²) in [6.45, 7) is -1.57. The Hall–Kier alpha value is -1.07. The van der Waals surface area contributed by atoms with Crippen molar-refractivity contribution in [3.63, 3.8) is 0 Å². The molecule has 9 heteroatoms. The molecule has 82 valence electrons. The van der Waals surface area contributed by atoms with E-state index in [-0.39, 0.29) is 25.4 Å². The van der Waals surface area contributed by atoms with Crippen LogP contribution in [0.5, 0.6) is 0 Å². The van der Waals surface area contributed by atoms with E-state index < -0.39 is 24.0 Å². The van der Waals surface area contributed by atoms with Crippen LogP contribution >= 0.6 is 0 Å². The fraction of sp³-hybridized carbons (Fsp3) is 0.500. The molecule has 0 unspecified atom stereocenters. The second-order valence-electron chi connectivity index (χ2n) is 3.00. The quantitative estimate of drug-likeness (QED) is 0.519. The monoisotopic (exact) mass is 237 g/mol. The zero-order chi connectivity index (χ0) is 11.8. The summed E-state index contributed by atoms with van der Waals surface area (Å²) < 4.78 is 37.0. The molecule has 0 fully saturated rings. The highest BCUT2D eigenvalue weighted by atomic mass is 27.0. The van der Waals surface area contributed by atoms with Crippen molar-refractivity contribution in [2.24, 2.45) is 7.05 Å². The molecule has 1 heterocycles. The van der Waals surface area contributed by atoms with E-state index in [1.165, 1.54) is 7.05 Å². The summed E-state index contributed by atoms with van der Waals surface area (Å²) in [5.74, 6) is 0. The van der Waals surface area contributed by atoms with E-state index in [0.29, 0.717) is 0 Å². The molecule has 0 aliphatic rings. The lowest BCUT2D eigenvalue weighted by Gasteiger charge is -2.10. The summed E-state index contributed by atoms with van der Waals surface area (Å²) in [5.41, 5.74) is -2.01. The van der Waals surface area contributed by atoms with Gasteiger partial charge >= 0.3 is 28.2 Å². The second kappa shape index (κ2) is 3.83. The van der Waals surface area contributed by atoms with Crippen molar-refractivity contribution in [2.45, 2.75) is 12.7 Å². The fourth-order valence-electron chi connectivity index (χ4n) is 1.09. The van der Waals surface area contributed by atoms with Gasteiger partial charge in [0.1, 0.15) is 6.54 Å². The average Bonchev–Trinajstić information content (AvgIpc) is 2.08. The van der Waals surface area contributed by atoms with Crippen molar-refractivity contribution in [1.29, 1.82) is 0 Å². The molecule has 0 aliphatic carbocycles. The molecule has 1 aromatic rings. The van der Waals surface area contributed by atoms with Crippen LogP contribution in [0.25, 0.3) is 0 Å². The number of rotatable bonds is 1. The Morgan fingerprint density at radius 2 is 1.93 bits per heavy atom. The highest BCUT2D eigenvalue weighted by molar-refractivity contribution is 6.30. The van der Waals surface area contributed by atoms with E-state index in [1.807, 2.05) is 0 Å². The van der Waals surface area contributed by atoms with E-state index in [4.69, 9.17) is 0 Å². The average molecular weight is 237 g/mol. The van der Waals surface area contributed by atoms with Gasteiger partial charge in [-0.3, -0.25) is 4.79 Å². The molecule has 1 aromatic heterocycles. The Morgan fingerprint density at radius 3 is 2.40 bits per heavy atom. The van der Waals surface area contributed by atoms with Crippen LogP contribution in [-0.4, -0.2) is 36.8 Å². The zero-order valence-electron chi connectivity index (χ0n) is 8.00. The number of nitrogens with zero attached hydrogens (tertiary/aromatic N) is 3. The molecule has 5 nitrogen and oxygen atoms in total. The minimum atomic E-state index is -4.59. The number of aryl methyl sites for hydroxylation is 1. The standard InChI is InChI=1S/C6H5F3N3O2.Al.2H/c1-11-5(14)12(3-6(7,8)9)4(13)2-10-11;;;/h3H2,1H3;;;. The summed E-state index contributed by atoms with van der Waals surface area (Å²) in [6, 6.07) is 0. The lowest BCUT2D eigenvalue weighted by molar-refractivity contribution is -0.142. The van der Waals surface area contributed by atoms with Gasteiger partial charge in [0.25, 0.3) is 5.56 Å². The topological polar surface area (TPSA) is 56.9 Å². The first kappa shape index (κ1) is 12.0. The van der Waals surface area contributed by atoms with Gasteiger partial charge in [-0.2, -0.15) is 18.3 Å². The van der Waals surface area contributed by atoms with Gasteiger partial charge in [0.05, 0.1) is 0 Å². The van der Waals surface area contributed by atoms with Gasteiger partial charge in [0, 0.05) is 11.6 Å². The Balaban J connectivity index is 3.41. The molecule has 0 aliphatic heterocycles. The molecule has 0 spiro atoms.